The maximum atomic E-state index is 12.4. The topological polar surface area (TPSA) is 66.5 Å². The zero-order valence-electron chi connectivity index (χ0n) is 13.6. The van der Waals surface area contributed by atoms with E-state index in [1.165, 1.54) is 11.8 Å². The molecule has 0 saturated heterocycles. The summed E-state index contributed by atoms with van der Waals surface area (Å²) in [4.78, 5) is 38.1. The lowest BCUT2D eigenvalue weighted by molar-refractivity contribution is -0.134. The number of nitrogens with one attached hydrogen (secondary N) is 1. The monoisotopic (exact) mass is 346 g/mol. The van der Waals surface area contributed by atoms with Crippen LogP contribution in [0, 0.1) is 0 Å². The van der Waals surface area contributed by atoms with Crippen LogP contribution >= 0.6 is 11.8 Å². The first-order valence-corrected chi connectivity index (χ1v) is 9.54. The van der Waals surface area contributed by atoms with Crippen LogP contribution in [0.5, 0.6) is 0 Å². The molecule has 2 aliphatic rings. The number of Topliss-reactive ketones (excluding diaryl/α,β-unsaturated/α-hetero) is 1. The molecule has 2 aliphatic carbocycles. The molecule has 5 nitrogen and oxygen atoms in total. The number of hydrogen-bond acceptors (Lipinski definition) is 4. The van der Waals surface area contributed by atoms with Crippen LogP contribution in [-0.4, -0.2) is 52.6 Å². The van der Waals surface area contributed by atoms with Gasteiger partial charge in [0.15, 0.2) is 5.78 Å². The third-order valence-corrected chi connectivity index (χ3v) is 5.04. The molecule has 24 heavy (non-hydrogen) atoms. The minimum absolute atomic E-state index is 0.0258. The molecule has 0 atom stereocenters. The fraction of sp³-hybridized carbons (Fsp3) is 0.500. The fourth-order valence-corrected chi connectivity index (χ4v) is 3.28. The third kappa shape index (κ3) is 5.09. The SMILES string of the molecule is O=C(CN(C(=O)CSCC(=O)c1ccccc1)C1CC1)NC1CC1. The Morgan fingerprint density at radius 2 is 1.75 bits per heavy atom. The van der Waals surface area contributed by atoms with Crippen LogP contribution in [-0.2, 0) is 9.59 Å². The Bertz CT molecular complexity index is 612. The molecule has 0 heterocycles. The average Bonchev–Trinajstić information content (AvgIpc) is 3.47. The van der Waals surface area contributed by atoms with Crippen LogP contribution in [0.25, 0.3) is 0 Å². The van der Waals surface area contributed by atoms with Gasteiger partial charge in [-0.3, -0.25) is 14.4 Å². The van der Waals surface area contributed by atoms with Gasteiger partial charge in [0.05, 0.1) is 18.1 Å². The van der Waals surface area contributed by atoms with Crippen molar-refractivity contribution in [3.8, 4) is 0 Å². The number of ketones is 1. The Labute approximate surface area is 146 Å². The summed E-state index contributed by atoms with van der Waals surface area (Å²) in [6.07, 6.45) is 4.02. The number of rotatable bonds is 9. The van der Waals surface area contributed by atoms with E-state index in [0.717, 1.165) is 25.7 Å². The van der Waals surface area contributed by atoms with Crippen molar-refractivity contribution >= 4 is 29.4 Å². The van der Waals surface area contributed by atoms with Crippen molar-refractivity contribution < 1.29 is 14.4 Å². The molecule has 6 heteroatoms. The highest BCUT2D eigenvalue weighted by atomic mass is 32.2. The second kappa shape index (κ2) is 7.83. The molecule has 2 saturated carbocycles. The minimum atomic E-state index is -0.0666. The van der Waals surface area contributed by atoms with Gasteiger partial charge in [0.25, 0.3) is 0 Å². The molecule has 0 unspecified atom stereocenters. The summed E-state index contributed by atoms with van der Waals surface area (Å²) in [6, 6.07) is 9.60. The molecule has 0 aromatic heterocycles. The Balaban J connectivity index is 1.43. The number of nitrogens with zero attached hydrogens (tertiary/aromatic N) is 1. The van der Waals surface area contributed by atoms with Crippen molar-refractivity contribution in [1.82, 2.24) is 10.2 Å². The van der Waals surface area contributed by atoms with E-state index in [1.807, 2.05) is 18.2 Å². The van der Waals surface area contributed by atoms with Gasteiger partial charge in [0, 0.05) is 17.6 Å². The number of carbonyl (C=O) groups is 3. The van der Waals surface area contributed by atoms with Gasteiger partial charge in [-0.05, 0) is 25.7 Å². The summed E-state index contributed by atoms with van der Waals surface area (Å²) >= 11 is 1.32. The van der Waals surface area contributed by atoms with Gasteiger partial charge in [-0.2, -0.15) is 0 Å². The second-order valence-corrected chi connectivity index (χ2v) is 7.36. The summed E-state index contributed by atoms with van der Waals surface area (Å²) in [5, 5.41) is 2.92. The summed E-state index contributed by atoms with van der Waals surface area (Å²) < 4.78 is 0. The highest BCUT2D eigenvalue weighted by molar-refractivity contribution is 8.00. The van der Waals surface area contributed by atoms with Crippen LogP contribution in [0.2, 0.25) is 0 Å². The van der Waals surface area contributed by atoms with Crippen LogP contribution in [0.1, 0.15) is 36.0 Å². The van der Waals surface area contributed by atoms with E-state index >= 15 is 0 Å². The molecule has 3 rings (SSSR count). The van der Waals surface area contributed by atoms with Gasteiger partial charge >= 0.3 is 0 Å². The van der Waals surface area contributed by atoms with E-state index in [1.54, 1.807) is 17.0 Å². The second-order valence-electron chi connectivity index (χ2n) is 6.38. The number of benzene rings is 1. The first kappa shape index (κ1) is 17.0. The Kier molecular flexibility index (Phi) is 5.56. The summed E-state index contributed by atoms with van der Waals surface area (Å²) in [5.41, 5.74) is 0.667. The molecular weight excluding hydrogens is 324 g/mol. The molecule has 0 bridgehead atoms. The van der Waals surface area contributed by atoms with Gasteiger partial charge in [-0.1, -0.05) is 30.3 Å². The van der Waals surface area contributed by atoms with Crippen molar-refractivity contribution in [3.05, 3.63) is 35.9 Å². The minimum Gasteiger partial charge on any atom is -0.352 e. The quantitative estimate of drug-likeness (QED) is 0.693. The lowest BCUT2D eigenvalue weighted by Crippen LogP contribution is -2.43. The Morgan fingerprint density at radius 1 is 1.04 bits per heavy atom. The van der Waals surface area contributed by atoms with Crippen molar-refractivity contribution in [3.63, 3.8) is 0 Å². The zero-order chi connectivity index (χ0) is 16.9. The maximum absolute atomic E-state index is 12.4. The van der Waals surface area contributed by atoms with Crippen LogP contribution in [0.4, 0.5) is 0 Å². The summed E-state index contributed by atoms with van der Waals surface area (Å²) in [6.45, 7) is 0.146. The van der Waals surface area contributed by atoms with Crippen LogP contribution < -0.4 is 5.32 Å². The van der Waals surface area contributed by atoms with Crippen molar-refractivity contribution in [2.75, 3.05) is 18.1 Å². The molecule has 1 aromatic carbocycles. The number of carbonyl (C=O) groups excluding carboxylic acids is 3. The van der Waals surface area contributed by atoms with E-state index in [2.05, 4.69) is 5.32 Å². The molecule has 0 aliphatic heterocycles. The van der Waals surface area contributed by atoms with E-state index in [-0.39, 0.29) is 41.7 Å². The Morgan fingerprint density at radius 3 is 2.38 bits per heavy atom. The van der Waals surface area contributed by atoms with Crippen molar-refractivity contribution in [2.24, 2.45) is 0 Å². The highest BCUT2D eigenvalue weighted by Gasteiger charge is 2.34. The van der Waals surface area contributed by atoms with Crippen molar-refractivity contribution in [1.29, 1.82) is 0 Å². The lowest BCUT2D eigenvalue weighted by atomic mass is 10.2. The largest absolute Gasteiger partial charge is 0.352 e. The lowest BCUT2D eigenvalue weighted by Gasteiger charge is -2.21. The van der Waals surface area contributed by atoms with Gasteiger partial charge in [-0.15, -0.1) is 11.8 Å². The molecule has 1 aromatic rings. The molecule has 0 radical (unpaired) electrons. The van der Waals surface area contributed by atoms with Gasteiger partial charge in [-0.25, -0.2) is 0 Å². The molecular formula is C18H22N2O3S. The molecule has 2 fully saturated rings. The fourth-order valence-electron chi connectivity index (χ4n) is 2.48. The first-order valence-electron chi connectivity index (χ1n) is 8.38. The van der Waals surface area contributed by atoms with E-state index in [0.29, 0.717) is 11.6 Å². The first-order chi connectivity index (χ1) is 11.6. The van der Waals surface area contributed by atoms with E-state index < -0.39 is 0 Å². The average molecular weight is 346 g/mol. The van der Waals surface area contributed by atoms with Crippen LogP contribution in [0.3, 0.4) is 0 Å². The zero-order valence-corrected chi connectivity index (χ0v) is 14.4. The molecule has 2 amide bonds. The molecule has 1 N–H and O–H groups in total. The molecule has 128 valence electrons. The summed E-state index contributed by atoms with van der Waals surface area (Å²) in [7, 11) is 0. The maximum Gasteiger partial charge on any atom is 0.239 e. The van der Waals surface area contributed by atoms with Gasteiger partial charge < -0.3 is 10.2 Å². The van der Waals surface area contributed by atoms with E-state index in [4.69, 9.17) is 0 Å². The number of hydrogen-bond donors (Lipinski definition) is 1. The van der Waals surface area contributed by atoms with Crippen LogP contribution in [0.15, 0.2) is 30.3 Å². The smallest absolute Gasteiger partial charge is 0.239 e. The van der Waals surface area contributed by atoms with Crippen molar-refractivity contribution in [2.45, 2.75) is 37.8 Å². The van der Waals surface area contributed by atoms with E-state index in [9.17, 15) is 14.4 Å². The van der Waals surface area contributed by atoms with Gasteiger partial charge in [0.1, 0.15) is 0 Å². The predicted molar refractivity (Wildman–Crippen MR) is 94.0 cm³/mol. The predicted octanol–water partition coefficient (Wildman–Crippen LogP) is 1.87. The standard InChI is InChI=1S/C18H22N2O3S/c21-16(13-4-2-1-3-5-13)11-24-12-18(23)20(15-8-9-15)10-17(22)19-14-6-7-14/h1-5,14-15H,6-12H2,(H,19,22). The summed E-state index contributed by atoms with van der Waals surface area (Å²) in [5.74, 6) is 0.434. The molecule has 0 spiro atoms. The Hall–Kier alpha value is -1.82. The normalized spacial score (nSPS) is 16.5. The number of thioether (sulfide) groups is 1. The third-order valence-electron chi connectivity index (χ3n) is 4.12. The highest BCUT2D eigenvalue weighted by Crippen LogP contribution is 2.27. The number of amides is 2. The van der Waals surface area contributed by atoms with Gasteiger partial charge in [0.2, 0.25) is 11.8 Å².